The molecule has 0 radical (unpaired) electrons. The average Bonchev–Trinajstić information content (AvgIpc) is 3.06. The second kappa shape index (κ2) is 6.94. The Hall–Kier alpha value is -1.85. The summed E-state index contributed by atoms with van der Waals surface area (Å²) in [4.78, 5) is 9.11. The summed E-state index contributed by atoms with van der Waals surface area (Å²) in [6.07, 6.45) is 1.85. The lowest BCUT2D eigenvalue weighted by atomic mass is 10.2. The smallest absolute Gasteiger partial charge is 0.124 e. The fourth-order valence-electron chi connectivity index (χ4n) is 2.07. The molecule has 2 aromatic heterocycles. The molecular weight excluding hydrogens is 312 g/mol. The fourth-order valence-corrected chi connectivity index (χ4v) is 3.54. The molecule has 3 nitrogen and oxygen atoms in total. The second-order valence-corrected chi connectivity index (χ2v) is 6.72. The van der Waals surface area contributed by atoms with Gasteiger partial charge in [0.25, 0.3) is 0 Å². The van der Waals surface area contributed by atoms with Crippen molar-refractivity contribution < 1.29 is 4.74 Å². The molecule has 0 saturated heterocycles. The maximum absolute atomic E-state index is 5.19. The Kier molecular flexibility index (Phi) is 4.75. The number of aromatic nitrogens is 2. The van der Waals surface area contributed by atoms with Crippen molar-refractivity contribution in [3.8, 4) is 27.6 Å². The summed E-state index contributed by atoms with van der Waals surface area (Å²) >= 11 is 3.40. The zero-order valence-electron chi connectivity index (χ0n) is 12.4. The van der Waals surface area contributed by atoms with Gasteiger partial charge < -0.3 is 4.74 Å². The lowest BCUT2D eigenvalue weighted by molar-refractivity contribution is 0.415. The van der Waals surface area contributed by atoms with Crippen LogP contribution in [0, 0.1) is 0 Å². The van der Waals surface area contributed by atoms with Gasteiger partial charge in [0.2, 0.25) is 0 Å². The molecular formula is C17H16N2OS2. The van der Waals surface area contributed by atoms with E-state index < -0.39 is 0 Å². The van der Waals surface area contributed by atoms with Crippen molar-refractivity contribution in [1.29, 1.82) is 0 Å². The van der Waals surface area contributed by atoms with Gasteiger partial charge in [0, 0.05) is 22.7 Å². The molecule has 112 valence electrons. The molecule has 3 aromatic rings. The van der Waals surface area contributed by atoms with Crippen molar-refractivity contribution in [2.45, 2.75) is 11.9 Å². The lowest BCUT2D eigenvalue weighted by Crippen LogP contribution is -1.84. The first-order valence-electron chi connectivity index (χ1n) is 6.99. The highest BCUT2D eigenvalue weighted by Gasteiger charge is 2.08. The van der Waals surface area contributed by atoms with Crippen molar-refractivity contribution in [3.05, 3.63) is 48.0 Å². The SMILES string of the molecule is CCSc1cc(-c2nc(-c3ccc(OC)cc3)cs2)ccn1. The van der Waals surface area contributed by atoms with Crippen LogP contribution < -0.4 is 4.74 Å². The Morgan fingerprint density at radius 1 is 1.14 bits per heavy atom. The zero-order valence-corrected chi connectivity index (χ0v) is 14.1. The number of pyridine rings is 1. The number of rotatable bonds is 5. The van der Waals surface area contributed by atoms with E-state index in [-0.39, 0.29) is 0 Å². The number of nitrogens with zero attached hydrogens (tertiary/aromatic N) is 2. The predicted octanol–water partition coefficient (Wildman–Crippen LogP) is 4.99. The monoisotopic (exact) mass is 328 g/mol. The second-order valence-electron chi connectivity index (χ2n) is 4.58. The minimum atomic E-state index is 0.856. The number of hydrogen-bond donors (Lipinski definition) is 0. The van der Waals surface area contributed by atoms with Crippen LogP contribution >= 0.6 is 23.1 Å². The van der Waals surface area contributed by atoms with E-state index in [9.17, 15) is 0 Å². The molecule has 0 aliphatic heterocycles. The van der Waals surface area contributed by atoms with Crippen LogP contribution in [-0.4, -0.2) is 22.8 Å². The highest BCUT2D eigenvalue weighted by molar-refractivity contribution is 7.99. The van der Waals surface area contributed by atoms with Crippen LogP contribution in [0.5, 0.6) is 5.75 Å². The molecule has 3 rings (SSSR count). The third-order valence-corrected chi connectivity index (χ3v) is 4.86. The Morgan fingerprint density at radius 2 is 1.95 bits per heavy atom. The van der Waals surface area contributed by atoms with Crippen LogP contribution in [0.3, 0.4) is 0 Å². The van der Waals surface area contributed by atoms with Crippen molar-refractivity contribution in [2.24, 2.45) is 0 Å². The lowest BCUT2D eigenvalue weighted by Gasteiger charge is -2.01. The van der Waals surface area contributed by atoms with Gasteiger partial charge in [-0.25, -0.2) is 9.97 Å². The van der Waals surface area contributed by atoms with Gasteiger partial charge in [0.1, 0.15) is 10.8 Å². The molecule has 0 atom stereocenters. The molecule has 0 saturated carbocycles. The topological polar surface area (TPSA) is 35.0 Å². The molecule has 0 unspecified atom stereocenters. The maximum atomic E-state index is 5.19. The third-order valence-electron chi connectivity index (χ3n) is 3.16. The quantitative estimate of drug-likeness (QED) is 0.618. The molecule has 2 heterocycles. The highest BCUT2D eigenvalue weighted by atomic mass is 32.2. The van der Waals surface area contributed by atoms with Gasteiger partial charge in [-0.1, -0.05) is 6.92 Å². The summed E-state index contributed by atoms with van der Waals surface area (Å²) in [6, 6.07) is 12.1. The van der Waals surface area contributed by atoms with Crippen LogP contribution in [0.4, 0.5) is 0 Å². The van der Waals surface area contributed by atoms with E-state index >= 15 is 0 Å². The van der Waals surface area contributed by atoms with Crippen molar-refractivity contribution >= 4 is 23.1 Å². The predicted molar refractivity (Wildman–Crippen MR) is 93.7 cm³/mol. The van der Waals surface area contributed by atoms with Crippen LogP contribution in [0.2, 0.25) is 0 Å². The van der Waals surface area contributed by atoms with E-state index in [0.29, 0.717) is 0 Å². The molecule has 0 N–H and O–H groups in total. The standard InChI is InChI=1S/C17H16N2OS2/c1-3-21-16-10-13(8-9-18-16)17-19-15(11-22-17)12-4-6-14(20-2)7-5-12/h4-11H,3H2,1-2H3. The minimum absolute atomic E-state index is 0.856. The number of benzene rings is 1. The van der Waals surface area contributed by atoms with Crippen LogP contribution in [0.15, 0.2) is 53.0 Å². The van der Waals surface area contributed by atoms with Gasteiger partial charge in [-0.3, -0.25) is 0 Å². The Labute approximate surface area is 138 Å². The zero-order chi connectivity index (χ0) is 15.4. The van der Waals surface area contributed by atoms with Crippen molar-refractivity contribution in [2.75, 3.05) is 12.9 Å². The van der Waals surface area contributed by atoms with Crippen LogP contribution in [0.25, 0.3) is 21.8 Å². The van der Waals surface area contributed by atoms with Gasteiger partial charge in [-0.15, -0.1) is 23.1 Å². The molecule has 1 aromatic carbocycles. The van der Waals surface area contributed by atoms with Gasteiger partial charge in [0.05, 0.1) is 17.8 Å². The molecule has 0 aliphatic carbocycles. The molecule has 0 bridgehead atoms. The third kappa shape index (κ3) is 3.31. The van der Waals surface area contributed by atoms with Gasteiger partial charge >= 0.3 is 0 Å². The summed E-state index contributed by atoms with van der Waals surface area (Å²) in [5.74, 6) is 1.88. The van der Waals surface area contributed by atoms with Gasteiger partial charge in [-0.05, 0) is 42.2 Å². The number of ether oxygens (including phenoxy) is 1. The number of thioether (sulfide) groups is 1. The minimum Gasteiger partial charge on any atom is -0.497 e. The molecule has 0 spiro atoms. The van der Waals surface area contributed by atoms with Crippen LogP contribution in [0.1, 0.15) is 6.92 Å². The Morgan fingerprint density at radius 3 is 2.68 bits per heavy atom. The average molecular weight is 328 g/mol. The largest absolute Gasteiger partial charge is 0.497 e. The first-order chi connectivity index (χ1) is 10.8. The fraction of sp³-hybridized carbons (Fsp3) is 0.176. The Balaban J connectivity index is 1.88. The molecule has 0 aliphatic rings. The van der Waals surface area contributed by atoms with Gasteiger partial charge in [0.15, 0.2) is 0 Å². The van der Waals surface area contributed by atoms with Gasteiger partial charge in [-0.2, -0.15) is 0 Å². The van der Waals surface area contributed by atoms with Crippen LogP contribution in [-0.2, 0) is 0 Å². The Bertz CT molecular complexity index is 753. The van der Waals surface area contributed by atoms with E-state index in [1.165, 1.54) is 0 Å². The summed E-state index contributed by atoms with van der Waals surface area (Å²) in [7, 11) is 1.67. The van der Waals surface area contributed by atoms with E-state index in [1.54, 1.807) is 30.2 Å². The van der Waals surface area contributed by atoms with E-state index in [1.807, 2.05) is 36.5 Å². The highest BCUT2D eigenvalue weighted by Crippen LogP contribution is 2.31. The number of hydrogen-bond acceptors (Lipinski definition) is 5. The first-order valence-corrected chi connectivity index (χ1v) is 8.86. The normalized spacial score (nSPS) is 10.6. The van der Waals surface area contributed by atoms with E-state index in [0.717, 1.165) is 38.4 Å². The van der Waals surface area contributed by atoms with Crippen molar-refractivity contribution in [3.63, 3.8) is 0 Å². The number of methoxy groups -OCH3 is 1. The molecule has 22 heavy (non-hydrogen) atoms. The molecule has 0 fully saturated rings. The first kappa shape index (κ1) is 15.1. The molecule has 0 amide bonds. The molecule has 5 heteroatoms. The summed E-state index contributed by atoms with van der Waals surface area (Å²) < 4.78 is 5.19. The van der Waals surface area contributed by atoms with E-state index in [2.05, 4.69) is 23.4 Å². The summed E-state index contributed by atoms with van der Waals surface area (Å²) in [5, 5.41) is 4.15. The number of thiazole rings is 1. The van der Waals surface area contributed by atoms with Crippen molar-refractivity contribution in [1.82, 2.24) is 9.97 Å². The maximum Gasteiger partial charge on any atom is 0.124 e. The van der Waals surface area contributed by atoms with E-state index in [4.69, 9.17) is 9.72 Å². The summed E-state index contributed by atoms with van der Waals surface area (Å²) in [5.41, 5.74) is 3.21. The summed E-state index contributed by atoms with van der Waals surface area (Å²) in [6.45, 7) is 2.13.